The SMILES string of the molecule is O=C(Nc1ccccc1OC1CCCC1)C1CC(=O)N(c2ccc(Cl)cc2)C1. The number of carbonyl (C=O) groups is 2. The summed E-state index contributed by atoms with van der Waals surface area (Å²) in [6.45, 7) is 0.359. The molecule has 0 spiro atoms. The molecule has 1 heterocycles. The lowest BCUT2D eigenvalue weighted by atomic mass is 10.1. The van der Waals surface area contributed by atoms with Crippen LogP contribution in [0.1, 0.15) is 32.1 Å². The third-order valence-electron chi connectivity index (χ3n) is 5.37. The monoisotopic (exact) mass is 398 g/mol. The van der Waals surface area contributed by atoms with Crippen molar-refractivity contribution >= 4 is 34.8 Å². The summed E-state index contributed by atoms with van der Waals surface area (Å²) in [5, 5.41) is 3.58. The summed E-state index contributed by atoms with van der Waals surface area (Å²) in [5.41, 5.74) is 1.42. The lowest BCUT2D eigenvalue weighted by molar-refractivity contribution is -0.122. The summed E-state index contributed by atoms with van der Waals surface area (Å²) in [7, 11) is 0. The molecule has 1 atom stereocenters. The Labute approximate surface area is 169 Å². The Morgan fingerprint density at radius 3 is 2.54 bits per heavy atom. The van der Waals surface area contributed by atoms with Crippen LogP contribution in [0.25, 0.3) is 0 Å². The van der Waals surface area contributed by atoms with Crippen LogP contribution in [0, 0.1) is 5.92 Å². The molecule has 2 aliphatic rings. The number of ether oxygens (including phenoxy) is 1. The lowest BCUT2D eigenvalue weighted by Gasteiger charge is -2.19. The number of nitrogens with zero attached hydrogens (tertiary/aromatic N) is 1. The van der Waals surface area contributed by atoms with Crippen LogP contribution in [-0.2, 0) is 9.59 Å². The van der Waals surface area contributed by atoms with Crippen LogP contribution in [-0.4, -0.2) is 24.5 Å². The summed E-state index contributed by atoms with van der Waals surface area (Å²) in [4.78, 5) is 26.9. The van der Waals surface area contributed by atoms with Gasteiger partial charge in [-0.05, 0) is 62.1 Å². The second-order valence-electron chi connectivity index (χ2n) is 7.39. The zero-order chi connectivity index (χ0) is 19.5. The zero-order valence-corrected chi connectivity index (χ0v) is 16.3. The molecule has 1 aliphatic carbocycles. The number of para-hydroxylation sites is 2. The summed E-state index contributed by atoms with van der Waals surface area (Å²) in [6.07, 6.45) is 4.88. The van der Waals surface area contributed by atoms with Crippen molar-refractivity contribution < 1.29 is 14.3 Å². The quantitative estimate of drug-likeness (QED) is 0.797. The highest BCUT2D eigenvalue weighted by Crippen LogP contribution is 2.31. The zero-order valence-electron chi connectivity index (χ0n) is 15.6. The molecule has 2 amide bonds. The van der Waals surface area contributed by atoms with Crippen molar-refractivity contribution in [3.05, 3.63) is 53.6 Å². The smallest absolute Gasteiger partial charge is 0.229 e. The fourth-order valence-electron chi connectivity index (χ4n) is 3.85. The first kappa shape index (κ1) is 18.8. The van der Waals surface area contributed by atoms with Crippen molar-refractivity contribution in [1.82, 2.24) is 0 Å². The minimum Gasteiger partial charge on any atom is -0.488 e. The Bertz CT molecular complexity index is 862. The van der Waals surface area contributed by atoms with Crippen molar-refractivity contribution in [2.45, 2.75) is 38.2 Å². The number of hydrogen-bond donors (Lipinski definition) is 1. The molecule has 1 saturated carbocycles. The molecule has 146 valence electrons. The number of halogens is 1. The molecule has 2 fully saturated rings. The molecule has 0 radical (unpaired) electrons. The molecule has 6 heteroatoms. The highest BCUT2D eigenvalue weighted by molar-refractivity contribution is 6.30. The van der Waals surface area contributed by atoms with Gasteiger partial charge < -0.3 is 15.0 Å². The molecule has 1 N–H and O–H groups in total. The summed E-state index contributed by atoms with van der Waals surface area (Å²) in [5.74, 6) is 0.0783. The first-order chi connectivity index (χ1) is 13.6. The summed E-state index contributed by atoms with van der Waals surface area (Å²) < 4.78 is 6.09. The first-order valence-electron chi connectivity index (χ1n) is 9.72. The third kappa shape index (κ3) is 4.14. The standard InChI is InChI=1S/C22H23ClN2O3/c23-16-9-11-17(12-10-16)25-14-15(13-21(25)26)22(27)24-19-7-3-4-8-20(19)28-18-5-1-2-6-18/h3-4,7-12,15,18H,1-2,5-6,13-14H2,(H,24,27). The van der Waals surface area contributed by atoms with Gasteiger partial charge in [0, 0.05) is 23.7 Å². The van der Waals surface area contributed by atoms with Crippen molar-refractivity contribution in [3.8, 4) is 5.75 Å². The van der Waals surface area contributed by atoms with Gasteiger partial charge >= 0.3 is 0 Å². The molecule has 1 aliphatic heterocycles. The maximum Gasteiger partial charge on any atom is 0.229 e. The van der Waals surface area contributed by atoms with Crippen LogP contribution in [0.5, 0.6) is 5.75 Å². The molecule has 0 bridgehead atoms. The van der Waals surface area contributed by atoms with E-state index in [9.17, 15) is 9.59 Å². The largest absolute Gasteiger partial charge is 0.488 e. The van der Waals surface area contributed by atoms with Gasteiger partial charge in [0.25, 0.3) is 0 Å². The van der Waals surface area contributed by atoms with Crippen LogP contribution in [0.2, 0.25) is 5.02 Å². The van der Waals surface area contributed by atoms with Gasteiger partial charge in [0.1, 0.15) is 5.75 Å². The van der Waals surface area contributed by atoms with E-state index in [1.165, 1.54) is 12.8 Å². The number of rotatable bonds is 5. The molecule has 2 aromatic carbocycles. The van der Waals surface area contributed by atoms with Crippen LogP contribution in [0.3, 0.4) is 0 Å². The fourth-order valence-corrected chi connectivity index (χ4v) is 3.97. The lowest BCUT2D eigenvalue weighted by Crippen LogP contribution is -2.28. The van der Waals surface area contributed by atoms with Crippen LogP contribution < -0.4 is 15.0 Å². The average molecular weight is 399 g/mol. The van der Waals surface area contributed by atoms with Crippen molar-refractivity contribution in [2.75, 3.05) is 16.8 Å². The van der Waals surface area contributed by atoms with E-state index in [1.54, 1.807) is 29.2 Å². The molecule has 4 rings (SSSR count). The second-order valence-corrected chi connectivity index (χ2v) is 7.83. The van der Waals surface area contributed by atoms with Gasteiger partial charge in [0.2, 0.25) is 11.8 Å². The second kappa shape index (κ2) is 8.23. The first-order valence-corrected chi connectivity index (χ1v) is 10.1. The molecule has 1 saturated heterocycles. The van der Waals surface area contributed by atoms with E-state index in [-0.39, 0.29) is 24.3 Å². The van der Waals surface area contributed by atoms with Gasteiger partial charge in [-0.1, -0.05) is 23.7 Å². The minimum absolute atomic E-state index is 0.0574. The van der Waals surface area contributed by atoms with Gasteiger partial charge in [0.15, 0.2) is 0 Å². The molecular formula is C22H23ClN2O3. The molecular weight excluding hydrogens is 376 g/mol. The van der Waals surface area contributed by atoms with E-state index < -0.39 is 5.92 Å². The Kier molecular flexibility index (Phi) is 5.53. The number of hydrogen-bond acceptors (Lipinski definition) is 3. The van der Waals surface area contributed by atoms with Crippen LogP contribution >= 0.6 is 11.6 Å². The Morgan fingerprint density at radius 1 is 1.07 bits per heavy atom. The molecule has 2 aromatic rings. The Hall–Kier alpha value is -2.53. The molecule has 0 aromatic heterocycles. The summed E-state index contributed by atoms with van der Waals surface area (Å²) >= 11 is 5.92. The maximum atomic E-state index is 12.8. The molecule has 5 nitrogen and oxygen atoms in total. The minimum atomic E-state index is -0.400. The molecule has 28 heavy (non-hydrogen) atoms. The highest BCUT2D eigenvalue weighted by atomic mass is 35.5. The summed E-state index contributed by atoms with van der Waals surface area (Å²) in [6, 6.07) is 14.6. The maximum absolute atomic E-state index is 12.8. The van der Waals surface area contributed by atoms with E-state index in [0.29, 0.717) is 23.0 Å². The number of benzene rings is 2. The van der Waals surface area contributed by atoms with E-state index in [2.05, 4.69) is 5.32 Å². The van der Waals surface area contributed by atoms with E-state index in [0.717, 1.165) is 18.5 Å². The van der Waals surface area contributed by atoms with E-state index in [1.807, 2.05) is 24.3 Å². The number of carbonyl (C=O) groups excluding carboxylic acids is 2. The predicted molar refractivity (Wildman–Crippen MR) is 110 cm³/mol. The van der Waals surface area contributed by atoms with E-state index in [4.69, 9.17) is 16.3 Å². The fraction of sp³-hybridized carbons (Fsp3) is 0.364. The number of amides is 2. The van der Waals surface area contributed by atoms with Gasteiger partial charge in [-0.2, -0.15) is 0 Å². The average Bonchev–Trinajstić information content (AvgIpc) is 3.34. The van der Waals surface area contributed by atoms with Crippen molar-refractivity contribution in [3.63, 3.8) is 0 Å². The van der Waals surface area contributed by atoms with Crippen molar-refractivity contribution in [1.29, 1.82) is 0 Å². The van der Waals surface area contributed by atoms with Gasteiger partial charge in [-0.15, -0.1) is 0 Å². The van der Waals surface area contributed by atoms with Gasteiger partial charge in [-0.25, -0.2) is 0 Å². The molecule has 1 unspecified atom stereocenters. The Morgan fingerprint density at radius 2 is 1.79 bits per heavy atom. The predicted octanol–water partition coefficient (Wildman–Crippen LogP) is 4.65. The normalized spacial score (nSPS) is 19.8. The Balaban J connectivity index is 1.43. The highest BCUT2D eigenvalue weighted by Gasteiger charge is 2.35. The third-order valence-corrected chi connectivity index (χ3v) is 5.63. The van der Waals surface area contributed by atoms with Crippen molar-refractivity contribution in [2.24, 2.45) is 5.92 Å². The number of anilines is 2. The van der Waals surface area contributed by atoms with Crippen LogP contribution in [0.15, 0.2) is 48.5 Å². The van der Waals surface area contributed by atoms with Crippen LogP contribution in [0.4, 0.5) is 11.4 Å². The van der Waals surface area contributed by atoms with Gasteiger partial charge in [-0.3, -0.25) is 9.59 Å². The van der Waals surface area contributed by atoms with Gasteiger partial charge in [0.05, 0.1) is 17.7 Å². The van der Waals surface area contributed by atoms with E-state index >= 15 is 0 Å². The topological polar surface area (TPSA) is 58.6 Å². The number of nitrogens with one attached hydrogen (secondary N) is 1.